The van der Waals surface area contributed by atoms with E-state index < -0.39 is 0 Å². The van der Waals surface area contributed by atoms with Crippen LogP contribution in [-0.4, -0.2) is 21.8 Å². The number of hydrogen-bond acceptors (Lipinski definition) is 4. The molecule has 1 aromatic heterocycles. The minimum absolute atomic E-state index is 0.339. The van der Waals surface area contributed by atoms with E-state index >= 15 is 0 Å². The lowest BCUT2D eigenvalue weighted by atomic mass is 10.0. The van der Waals surface area contributed by atoms with Crippen LogP contribution in [-0.2, 0) is 0 Å². The Hall–Kier alpha value is -1.39. The van der Waals surface area contributed by atoms with Crippen molar-refractivity contribution in [3.63, 3.8) is 0 Å². The zero-order valence-corrected chi connectivity index (χ0v) is 12.8. The smallest absolute Gasteiger partial charge is 0.116 e. The maximum Gasteiger partial charge on any atom is 0.116 e. The van der Waals surface area contributed by atoms with E-state index in [4.69, 9.17) is 0 Å². The van der Waals surface area contributed by atoms with Gasteiger partial charge in [-0.05, 0) is 24.6 Å². The fourth-order valence-electron chi connectivity index (χ4n) is 2.23. The van der Waals surface area contributed by atoms with Gasteiger partial charge in [0.1, 0.15) is 6.33 Å². The fraction of sp³-hybridized carbons (Fsp3) is 0.375. The molecule has 0 aliphatic heterocycles. The molecule has 20 heavy (non-hydrogen) atoms. The summed E-state index contributed by atoms with van der Waals surface area (Å²) in [6.07, 6.45) is 4.49. The molecular weight excluding hydrogens is 266 g/mol. The molecule has 2 unspecified atom stereocenters. The average Bonchev–Trinajstić information content (AvgIpc) is 2.52. The Balaban J connectivity index is 2.17. The van der Waals surface area contributed by atoms with Crippen LogP contribution in [0.1, 0.15) is 31.9 Å². The quantitative estimate of drug-likeness (QED) is 0.622. The van der Waals surface area contributed by atoms with Crippen molar-refractivity contribution < 1.29 is 0 Å². The van der Waals surface area contributed by atoms with Crippen molar-refractivity contribution in [1.82, 2.24) is 15.3 Å². The van der Waals surface area contributed by atoms with Crippen LogP contribution in [0.4, 0.5) is 0 Å². The minimum atomic E-state index is 0.339. The molecule has 4 heteroatoms. The van der Waals surface area contributed by atoms with Crippen LogP contribution in [0.2, 0.25) is 0 Å². The van der Waals surface area contributed by atoms with Gasteiger partial charge in [-0.3, -0.25) is 0 Å². The molecule has 106 valence electrons. The van der Waals surface area contributed by atoms with E-state index in [2.05, 4.69) is 59.5 Å². The summed E-state index contributed by atoms with van der Waals surface area (Å²) in [6.45, 7) is 5.34. The summed E-state index contributed by atoms with van der Waals surface area (Å²) in [5.74, 6) is 0. The Morgan fingerprint density at radius 2 is 1.95 bits per heavy atom. The van der Waals surface area contributed by atoms with E-state index in [9.17, 15) is 0 Å². The summed E-state index contributed by atoms with van der Waals surface area (Å²) in [5.41, 5.74) is 1.34. The first kappa shape index (κ1) is 15.0. The number of aromatic nitrogens is 2. The predicted molar refractivity (Wildman–Crippen MR) is 84.8 cm³/mol. The molecule has 0 saturated carbocycles. The highest BCUT2D eigenvalue weighted by molar-refractivity contribution is 7.99. The van der Waals surface area contributed by atoms with Gasteiger partial charge < -0.3 is 5.32 Å². The molecular formula is C16H21N3S. The Bertz CT molecular complexity index is 490. The number of hydrogen-bond donors (Lipinski definition) is 1. The van der Waals surface area contributed by atoms with Crippen LogP contribution in [0.15, 0.2) is 53.9 Å². The first-order chi connectivity index (χ1) is 9.85. The molecule has 1 aromatic carbocycles. The van der Waals surface area contributed by atoms with Gasteiger partial charge >= 0.3 is 0 Å². The van der Waals surface area contributed by atoms with Crippen LogP contribution in [0.5, 0.6) is 0 Å². The van der Waals surface area contributed by atoms with E-state index in [-0.39, 0.29) is 0 Å². The number of benzene rings is 1. The Labute approximate surface area is 125 Å². The number of nitrogens with zero attached hydrogens (tertiary/aromatic N) is 2. The Morgan fingerprint density at radius 1 is 1.15 bits per heavy atom. The van der Waals surface area contributed by atoms with E-state index in [1.54, 1.807) is 12.5 Å². The third-order valence-corrected chi connectivity index (χ3v) is 4.58. The molecule has 3 nitrogen and oxygen atoms in total. The van der Waals surface area contributed by atoms with Gasteiger partial charge in [-0.2, -0.15) is 0 Å². The van der Waals surface area contributed by atoms with Gasteiger partial charge in [-0.1, -0.05) is 44.2 Å². The van der Waals surface area contributed by atoms with Crippen LogP contribution < -0.4 is 5.32 Å². The predicted octanol–water partition coefficient (Wildman–Crippen LogP) is 3.70. The van der Waals surface area contributed by atoms with Gasteiger partial charge in [0, 0.05) is 17.5 Å². The number of nitrogens with one attached hydrogen (secondary N) is 1. The van der Waals surface area contributed by atoms with Crippen molar-refractivity contribution in [2.75, 3.05) is 6.54 Å². The first-order valence-corrected chi connectivity index (χ1v) is 7.94. The van der Waals surface area contributed by atoms with Crippen molar-refractivity contribution in [3.05, 3.63) is 54.5 Å². The van der Waals surface area contributed by atoms with Crippen LogP contribution in [0.25, 0.3) is 0 Å². The number of rotatable bonds is 7. The van der Waals surface area contributed by atoms with Gasteiger partial charge in [0.15, 0.2) is 0 Å². The van der Waals surface area contributed by atoms with Gasteiger partial charge in [-0.25, -0.2) is 9.97 Å². The zero-order valence-electron chi connectivity index (χ0n) is 12.0. The second-order valence-corrected chi connectivity index (χ2v) is 5.82. The molecule has 0 bridgehead atoms. The highest BCUT2D eigenvalue weighted by Crippen LogP contribution is 2.33. The normalized spacial score (nSPS) is 13.9. The number of thioether (sulfide) groups is 1. The third kappa shape index (κ3) is 4.05. The molecule has 2 atom stereocenters. The van der Waals surface area contributed by atoms with Crippen LogP contribution in [0.3, 0.4) is 0 Å². The van der Waals surface area contributed by atoms with Crippen molar-refractivity contribution in [2.24, 2.45) is 0 Å². The lowest BCUT2D eigenvalue weighted by Crippen LogP contribution is -2.29. The molecule has 2 rings (SSSR count). The molecule has 0 aliphatic rings. The topological polar surface area (TPSA) is 37.8 Å². The van der Waals surface area contributed by atoms with E-state index in [0.29, 0.717) is 11.3 Å². The molecule has 0 fully saturated rings. The van der Waals surface area contributed by atoms with Crippen molar-refractivity contribution in [3.8, 4) is 0 Å². The van der Waals surface area contributed by atoms with Gasteiger partial charge in [0.2, 0.25) is 0 Å². The van der Waals surface area contributed by atoms with E-state index in [1.165, 1.54) is 5.56 Å². The first-order valence-electron chi connectivity index (χ1n) is 7.06. The molecule has 1 heterocycles. The maximum absolute atomic E-state index is 4.33. The van der Waals surface area contributed by atoms with E-state index in [0.717, 1.165) is 18.0 Å². The lowest BCUT2D eigenvalue weighted by molar-refractivity contribution is 0.521. The minimum Gasteiger partial charge on any atom is -0.309 e. The van der Waals surface area contributed by atoms with Gasteiger partial charge in [0.05, 0.1) is 5.03 Å². The van der Waals surface area contributed by atoms with Gasteiger partial charge in [0.25, 0.3) is 0 Å². The van der Waals surface area contributed by atoms with Crippen LogP contribution in [0, 0.1) is 0 Å². The highest BCUT2D eigenvalue weighted by Gasteiger charge is 2.22. The summed E-state index contributed by atoms with van der Waals surface area (Å²) in [6, 6.07) is 13.0. The van der Waals surface area contributed by atoms with Crippen molar-refractivity contribution in [2.45, 2.75) is 36.6 Å². The second kappa shape index (κ2) is 8.02. The molecule has 1 N–H and O–H groups in total. The maximum atomic E-state index is 4.33. The SMILES string of the molecule is CCNC(c1ccccc1)C(CC)Sc1ccncn1. The Morgan fingerprint density at radius 3 is 2.55 bits per heavy atom. The summed E-state index contributed by atoms with van der Waals surface area (Å²) < 4.78 is 0. The summed E-state index contributed by atoms with van der Waals surface area (Å²) >= 11 is 1.82. The monoisotopic (exact) mass is 287 g/mol. The lowest BCUT2D eigenvalue weighted by Gasteiger charge is -2.26. The molecule has 0 saturated heterocycles. The summed E-state index contributed by atoms with van der Waals surface area (Å²) in [7, 11) is 0. The summed E-state index contributed by atoms with van der Waals surface area (Å²) in [4.78, 5) is 8.30. The molecule has 2 aromatic rings. The molecule has 0 amide bonds. The average molecular weight is 287 g/mol. The van der Waals surface area contributed by atoms with Crippen molar-refractivity contribution in [1.29, 1.82) is 0 Å². The standard InChI is InChI=1S/C16H21N3S/c1-3-14(20-15-10-11-17-12-19-15)16(18-4-2)13-8-6-5-7-9-13/h5-12,14,16,18H,3-4H2,1-2H3. The van der Waals surface area contributed by atoms with Crippen molar-refractivity contribution >= 4 is 11.8 Å². The fourth-order valence-corrected chi connectivity index (χ4v) is 3.35. The molecule has 0 spiro atoms. The van der Waals surface area contributed by atoms with E-state index in [1.807, 2.05) is 17.8 Å². The zero-order chi connectivity index (χ0) is 14.2. The second-order valence-electron chi connectivity index (χ2n) is 4.56. The van der Waals surface area contributed by atoms with Crippen LogP contribution >= 0.6 is 11.8 Å². The summed E-state index contributed by atoms with van der Waals surface area (Å²) in [5, 5.41) is 5.09. The largest absolute Gasteiger partial charge is 0.309 e. The highest BCUT2D eigenvalue weighted by atomic mass is 32.2. The Kier molecular flexibility index (Phi) is 6.02. The van der Waals surface area contributed by atoms with Gasteiger partial charge in [-0.15, -0.1) is 11.8 Å². The third-order valence-electron chi connectivity index (χ3n) is 3.18. The molecule has 0 radical (unpaired) electrons. The molecule has 0 aliphatic carbocycles.